The molecule has 1 heterocycles. The molecule has 0 saturated heterocycles. The summed E-state index contributed by atoms with van der Waals surface area (Å²) in [4.78, 5) is 8.28. The highest BCUT2D eigenvalue weighted by Gasteiger charge is 1.98. The van der Waals surface area contributed by atoms with Crippen LogP contribution in [0.1, 0.15) is 0 Å². The molecule has 0 spiro atoms. The number of aromatic nitrogens is 2. The van der Waals surface area contributed by atoms with Crippen molar-refractivity contribution in [1.29, 1.82) is 0 Å². The van der Waals surface area contributed by atoms with Gasteiger partial charge in [0.2, 0.25) is 0 Å². The van der Waals surface area contributed by atoms with Gasteiger partial charge in [-0.25, -0.2) is 9.97 Å². The summed E-state index contributed by atoms with van der Waals surface area (Å²) in [7, 11) is 0. The molecule has 4 nitrogen and oxygen atoms in total. The molecule has 92 valence electrons. The number of nitrogens with zero attached hydrogens (tertiary/aromatic N) is 2. The van der Waals surface area contributed by atoms with E-state index in [1.54, 1.807) is 6.08 Å². The lowest BCUT2D eigenvalue weighted by molar-refractivity contribution is 1.14. The van der Waals surface area contributed by atoms with Gasteiger partial charge in [-0.2, -0.15) is 0 Å². The third-order valence-electron chi connectivity index (χ3n) is 2.21. The summed E-state index contributed by atoms with van der Waals surface area (Å²) in [6.45, 7) is 4.32. The van der Waals surface area contributed by atoms with Gasteiger partial charge in [0.05, 0.1) is 0 Å². The van der Waals surface area contributed by atoms with E-state index in [9.17, 15) is 0 Å². The van der Waals surface area contributed by atoms with Crippen LogP contribution in [-0.2, 0) is 0 Å². The van der Waals surface area contributed by atoms with Crippen LogP contribution in [0.2, 0.25) is 0 Å². The zero-order valence-corrected chi connectivity index (χ0v) is 11.3. The second-order valence-electron chi connectivity index (χ2n) is 3.59. The molecule has 0 radical (unpaired) electrons. The molecule has 18 heavy (non-hydrogen) atoms. The molecule has 0 aliphatic rings. The first-order chi connectivity index (χ1) is 8.78. The molecule has 0 aliphatic carbocycles. The third kappa shape index (κ3) is 3.56. The third-order valence-corrected chi connectivity index (χ3v) is 2.74. The van der Waals surface area contributed by atoms with Crippen molar-refractivity contribution in [3.63, 3.8) is 0 Å². The van der Waals surface area contributed by atoms with Gasteiger partial charge in [-0.1, -0.05) is 22.0 Å². The molecule has 1 aromatic heterocycles. The Balaban J connectivity index is 2.08. The van der Waals surface area contributed by atoms with Crippen LogP contribution in [-0.4, -0.2) is 16.5 Å². The van der Waals surface area contributed by atoms with Gasteiger partial charge in [0.25, 0.3) is 0 Å². The monoisotopic (exact) mass is 304 g/mol. The minimum Gasteiger partial charge on any atom is -0.366 e. The van der Waals surface area contributed by atoms with Gasteiger partial charge in [0.1, 0.15) is 18.0 Å². The number of halogens is 1. The van der Waals surface area contributed by atoms with Gasteiger partial charge in [-0.3, -0.25) is 0 Å². The lowest BCUT2D eigenvalue weighted by atomic mass is 10.3. The molecule has 0 bridgehead atoms. The molecule has 2 N–H and O–H groups in total. The molecule has 0 fully saturated rings. The highest BCUT2D eigenvalue weighted by Crippen LogP contribution is 2.18. The van der Waals surface area contributed by atoms with Crippen LogP contribution in [0.4, 0.5) is 17.3 Å². The van der Waals surface area contributed by atoms with Crippen molar-refractivity contribution < 1.29 is 0 Å². The fourth-order valence-corrected chi connectivity index (χ4v) is 1.64. The van der Waals surface area contributed by atoms with Crippen LogP contribution in [0, 0.1) is 0 Å². The smallest absolute Gasteiger partial charge is 0.135 e. The Hall–Kier alpha value is -1.88. The largest absolute Gasteiger partial charge is 0.366 e. The van der Waals surface area contributed by atoms with E-state index < -0.39 is 0 Å². The zero-order valence-electron chi connectivity index (χ0n) is 9.73. The summed E-state index contributed by atoms with van der Waals surface area (Å²) >= 11 is 3.40. The van der Waals surface area contributed by atoms with Crippen molar-refractivity contribution in [2.45, 2.75) is 0 Å². The summed E-state index contributed by atoms with van der Waals surface area (Å²) in [5.41, 5.74) is 0.978. The molecule has 5 heteroatoms. The molecule has 0 amide bonds. The summed E-state index contributed by atoms with van der Waals surface area (Å²) < 4.78 is 1.05. The van der Waals surface area contributed by atoms with Gasteiger partial charge >= 0.3 is 0 Å². The van der Waals surface area contributed by atoms with Crippen LogP contribution in [0.3, 0.4) is 0 Å². The summed E-state index contributed by atoms with van der Waals surface area (Å²) in [6.07, 6.45) is 3.30. The first-order valence-corrected chi connectivity index (χ1v) is 6.26. The Morgan fingerprint density at radius 1 is 1.17 bits per heavy atom. The number of anilines is 3. The molecule has 2 rings (SSSR count). The number of benzene rings is 1. The molecular formula is C13H13BrN4. The van der Waals surface area contributed by atoms with E-state index >= 15 is 0 Å². The number of hydrogen-bond donors (Lipinski definition) is 2. The van der Waals surface area contributed by atoms with Crippen molar-refractivity contribution in [2.75, 3.05) is 17.2 Å². The van der Waals surface area contributed by atoms with Crippen molar-refractivity contribution in [1.82, 2.24) is 9.97 Å². The predicted octanol–water partition coefficient (Wildman–Crippen LogP) is 3.58. The SMILES string of the molecule is C=CCNc1cc(Nc2ccc(Br)cc2)ncn1. The highest BCUT2D eigenvalue weighted by molar-refractivity contribution is 9.10. The molecule has 0 saturated carbocycles. The molecule has 2 aromatic rings. The van der Waals surface area contributed by atoms with Crippen molar-refractivity contribution >= 4 is 33.3 Å². The Bertz CT molecular complexity index is 525. The van der Waals surface area contributed by atoms with E-state index in [-0.39, 0.29) is 0 Å². The fourth-order valence-electron chi connectivity index (χ4n) is 1.38. The summed E-state index contributed by atoms with van der Waals surface area (Å²) in [5.74, 6) is 1.52. The first kappa shape index (κ1) is 12.6. The average Bonchev–Trinajstić information content (AvgIpc) is 2.40. The lowest BCUT2D eigenvalue weighted by Gasteiger charge is -2.07. The van der Waals surface area contributed by atoms with Crippen LogP contribution >= 0.6 is 15.9 Å². The average molecular weight is 305 g/mol. The molecule has 0 unspecified atom stereocenters. The maximum atomic E-state index is 4.17. The molecule has 0 atom stereocenters. The zero-order chi connectivity index (χ0) is 12.8. The predicted molar refractivity (Wildman–Crippen MR) is 78.1 cm³/mol. The van der Waals surface area contributed by atoms with E-state index in [1.807, 2.05) is 30.3 Å². The van der Waals surface area contributed by atoms with Gasteiger partial charge in [0, 0.05) is 22.8 Å². The first-order valence-electron chi connectivity index (χ1n) is 5.47. The Kier molecular flexibility index (Phi) is 4.30. The Morgan fingerprint density at radius 2 is 1.89 bits per heavy atom. The van der Waals surface area contributed by atoms with Gasteiger partial charge < -0.3 is 10.6 Å². The second-order valence-corrected chi connectivity index (χ2v) is 4.51. The Labute approximate surface area is 114 Å². The van der Waals surface area contributed by atoms with Crippen LogP contribution in [0.25, 0.3) is 0 Å². The van der Waals surface area contributed by atoms with E-state index in [2.05, 4.69) is 43.1 Å². The van der Waals surface area contributed by atoms with E-state index in [0.717, 1.165) is 21.8 Å². The minimum atomic E-state index is 0.675. The summed E-state index contributed by atoms with van der Waals surface area (Å²) in [6, 6.07) is 9.75. The molecule has 0 aliphatic heterocycles. The second kappa shape index (κ2) is 6.16. The molecular weight excluding hydrogens is 292 g/mol. The van der Waals surface area contributed by atoms with Crippen LogP contribution in [0.5, 0.6) is 0 Å². The molecule has 1 aromatic carbocycles. The highest BCUT2D eigenvalue weighted by atomic mass is 79.9. The fraction of sp³-hybridized carbons (Fsp3) is 0.0769. The van der Waals surface area contributed by atoms with Gasteiger partial charge in [0.15, 0.2) is 0 Å². The standard InChI is InChI=1S/C13H13BrN4/c1-2-7-15-12-8-13(17-9-16-12)18-11-5-3-10(14)4-6-11/h2-6,8-9H,1,7H2,(H2,15,16,17,18). The maximum Gasteiger partial charge on any atom is 0.135 e. The van der Waals surface area contributed by atoms with Gasteiger partial charge in [-0.15, -0.1) is 6.58 Å². The number of nitrogens with one attached hydrogen (secondary N) is 2. The lowest BCUT2D eigenvalue weighted by Crippen LogP contribution is -2.02. The van der Waals surface area contributed by atoms with Gasteiger partial charge in [-0.05, 0) is 24.3 Å². The normalized spacial score (nSPS) is 9.83. The number of hydrogen-bond acceptors (Lipinski definition) is 4. The van der Waals surface area contributed by atoms with Crippen molar-refractivity contribution in [3.8, 4) is 0 Å². The maximum absolute atomic E-state index is 4.17. The van der Waals surface area contributed by atoms with E-state index in [4.69, 9.17) is 0 Å². The van der Waals surface area contributed by atoms with Crippen LogP contribution < -0.4 is 10.6 Å². The minimum absolute atomic E-state index is 0.675. The van der Waals surface area contributed by atoms with E-state index in [0.29, 0.717) is 6.54 Å². The Morgan fingerprint density at radius 3 is 2.61 bits per heavy atom. The van der Waals surface area contributed by atoms with Crippen molar-refractivity contribution in [2.24, 2.45) is 0 Å². The number of rotatable bonds is 5. The quantitative estimate of drug-likeness (QED) is 0.829. The van der Waals surface area contributed by atoms with Crippen molar-refractivity contribution in [3.05, 3.63) is 53.8 Å². The summed E-state index contributed by atoms with van der Waals surface area (Å²) in [5, 5.41) is 6.32. The van der Waals surface area contributed by atoms with Crippen LogP contribution in [0.15, 0.2) is 53.8 Å². The topological polar surface area (TPSA) is 49.8 Å². The van der Waals surface area contributed by atoms with E-state index in [1.165, 1.54) is 6.33 Å².